The Kier molecular flexibility index (Phi) is 3.03. The van der Waals surface area contributed by atoms with Gasteiger partial charge in [-0.25, -0.2) is 0 Å². The fraction of sp³-hybridized carbons (Fsp3) is 0.900. The van der Waals surface area contributed by atoms with Crippen molar-refractivity contribution in [3.8, 4) is 0 Å². The molecule has 1 unspecified atom stereocenters. The molecule has 2 saturated heterocycles. The number of esters is 1. The maximum Gasteiger partial charge on any atom is 0.323 e. The van der Waals surface area contributed by atoms with Gasteiger partial charge in [-0.3, -0.25) is 9.69 Å². The van der Waals surface area contributed by atoms with E-state index in [-0.39, 0.29) is 12.0 Å². The Hall–Kier alpha value is -0.610. The van der Waals surface area contributed by atoms with Crippen LogP contribution in [0.25, 0.3) is 0 Å². The third-order valence-electron chi connectivity index (χ3n) is 3.25. The lowest BCUT2D eigenvalue weighted by Gasteiger charge is -2.44. The van der Waals surface area contributed by atoms with Crippen LogP contribution < -0.4 is 5.32 Å². The van der Waals surface area contributed by atoms with Crippen LogP contribution in [-0.4, -0.2) is 49.7 Å². The lowest BCUT2D eigenvalue weighted by Crippen LogP contribution is -2.62. The molecular weight excluding hydrogens is 180 g/mol. The molecule has 0 aromatic rings. The van der Waals surface area contributed by atoms with E-state index in [2.05, 4.69) is 10.2 Å². The molecule has 0 aromatic carbocycles. The largest absolute Gasteiger partial charge is 0.468 e. The first-order valence-electron chi connectivity index (χ1n) is 5.37. The van der Waals surface area contributed by atoms with Crippen molar-refractivity contribution in [3.05, 3.63) is 0 Å². The summed E-state index contributed by atoms with van der Waals surface area (Å²) in [6, 6.07) is 0.570. The second-order valence-corrected chi connectivity index (χ2v) is 4.08. The summed E-state index contributed by atoms with van der Waals surface area (Å²) in [5.41, 5.74) is 0. The monoisotopic (exact) mass is 198 g/mol. The molecular formula is C10H18N2O2. The average molecular weight is 198 g/mol. The van der Waals surface area contributed by atoms with Crippen LogP contribution in [0, 0.1) is 0 Å². The van der Waals surface area contributed by atoms with Crippen molar-refractivity contribution >= 4 is 5.97 Å². The predicted molar refractivity (Wildman–Crippen MR) is 53.0 cm³/mol. The summed E-state index contributed by atoms with van der Waals surface area (Å²) < 4.78 is 4.84. The number of nitrogens with one attached hydrogen (secondary N) is 1. The summed E-state index contributed by atoms with van der Waals surface area (Å²) in [6.45, 7) is 3.09. The van der Waals surface area contributed by atoms with E-state index in [0.29, 0.717) is 6.04 Å². The van der Waals surface area contributed by atoms with Gasteiger partial charge in [0.2, 0.25) is 0 Å². The number of ether oxygens (including phenoxy) is 1. The molecule has 1 N–H and O–H groups in total. The summed E-state index contributed by atoms with van der Waals surface area (Å²) in [5.74, 6) is -0.0587. The van der Waals surface area contributed by atoms with Gasteiger partial charge in [-0.2, -0.15) is 0 Å². The highest BCUT2D eigenvalue weighted by atomic mass is 16.5. The lowest BCUT2D eigenvalue weighted by molar-refractivity contribution is -0.150. The molecule has 0 aromatic heterocycles. The quantitative estimate of drug-likeness (QED) is 0.633. The Bertz CT molecular complexity index is 216. The van der Waals surface area contributed by atoms with E-state index in [4.69, 9.17) is 4.74 Å². The molecule has 4 heteroatoms. The van der Waals surface area contributed by atoms with Gasteiger partial charge < -0.3 is 10.1 Å². The molecule has 0 radical (unpaired) electrons. The molecule has 0 bridgehead atoms. The van der Waals surface area contributed by atoms with Gasteiger partial charge in [-0.1, -0.05) is 6.42 Å². The maximum absolute atomic E-state index is 11.5. The van der Waals surface area contributed by atoms with E-state index in [1.165, 1.54) is 13.5 Å². The van der Waals surface area contributed by atoms with Gasteiger partial charge in [-0.05, 0) is 19.4 Å². The third-order valence-corrected chi connectivity index (χ3v) is 3.25. The van der Waals surface area contributed by atoms with Gasteiger partial charge >= 0.3 is 5.97 Å². The molecule has 0 spiro atoms. The first-order valence-corrected chi connectivity index (χ1v) is 5.37. The molecule has 2 aliphatic rings. The van der Waals surface area contributed by atoms with E-state index in [0.717, 1.165) is 32.5 Å². The fourth-order valence-electron chi connectivity index (χ4n) is 2.29. The lowest BCUT2D eigenvalue weighted by atomic mass is 9.97. The Labute approximate surface area is 84.6 Å². The molecule has 80 valence electrons. The highest BCUT2D eigenvalue weighted by Crippen LogP contribution is 2.22. The number of likely N-dealkylation sites (tertiary alicyclic amines) is 1. The summed E-state index contributed by atoms with van der Waals surface area (Å²) in [4.78, 5) is 13.8. The van der Waals surface area contributed by atoms with Crippen LogP contribution in [0.4, 0.5) is 0 Å². The summed E-state index contributed by atoms with van der Waals surface area (Å²) in [7, 11) is 1.48. The number of hydrogen-bond acceptors (Lipinski definition) is 4. The second kappa shape index (κ2) is 4.28. The van der Waals surface area contributed by atoms with Crippen LogP contribution in [0.5, 0.6) is 0 Å². The topological polar surface area (TPSA) is 41.6 Å². The summed E-state index contributed by atoms with van der Waals surface area (Å²) in [5, 5.41) is 3.24. The van der Waals surface area contributed by atoms with Crippen LogP contribution in [-0.2, 0) is 9.53 Å². The van der Waals surface area contributed by atoms with Crippen molar-refractivity contribution < 1.29 is 9.53 Å². The standard InChI is InChI=1S/C10H18N2O2/c1-14-10(13)9-4-2-3-5-12(9)8-6-11-7-8/h8-9,11H,2-7H2,1H3. The first kappa shape index (κ1) is 9.93. The molecule has 1 atom stereocenters. The van der Waals surface area contributed by atoms with Gasteiger partial charge in [-0.15, -0.1) is 0 Å². The minimum absolute atomic E-state index is 0.0147. The minimum Gasteiger partial charge on any atom is -0.468 e. The molecule has 0 aliphatic carbocycles. The first-order chi connectivity index (χ1) is 6.83. The van der Waals surface area contributed by atoms with Crippen molar-refractivity contribution in [1.29, 1.82) is 0 Å². The number of carbonyl (C=O) groups excluding carboxylic acids is 1. The third kappa shape index (κ3) is 1.77. The molecule has 0 saturated carbocycles. The zero-order valence-electron chi connectivity index (χ0n) is 8.66. The van der Waals surface area contributed by atoms with E-state index in [9.17, 15) is 4.79 Å². The molecule has 4 nitrogen and oxygen atoms in total. The number of hydrogen-bond donors (Lipinski definition) is 1. The SMILES string of the molecule is COC(=O)C1CCCCN1C1CNC1. The normalized spacial score (nSPS) is 29.6. The van der Waals surface area contributed by atoms with Gasteiger partial charge in [0.05, 0.1) is 7.11 Å². The maximum atomic E-state index is 11.5. The predicted octanol–water partition coefficient (Wildman–Crippen LogP) is -0.0143. The number of piperidine rings is 1. The summed E-state index contributed by atoms with van der Waals surface area (Å²) in [6.07, 6.45) is 3.32. The van der Waals surface area contributed by atoms with E-state index < -0.39 is 0 Å². The minimum atomic E-state index is -0.0587. The second-order valence-electron chi connectivity index (χ2n) is 4.08. The van der Waals surface area contributed by atoms with E-state index >= 15 is 0 Å². The van der Waals surface area contributed by atoms with Crippen LogP contribution in [0.1, 0.15) is 19.3 Å². The molecule has 14 heavy (non-hydrogen) atoms. The zero-order chi connectivity index (χ0) is 9.97. The molecule has 2 heterocycles. The summed E-state index contributed by atoms with van der Waals surface area (Å²) >= 11 is 0. The van der Waals surface area contributed by atoms with Crippen LogP contribution >= 0.6 is 0 Å². The Morgan fingerprint density at radius 1 is 1.43 bits per heavy atom. The Balaban J connectivity index is 1.98. The highest BCUT2D eigenvalue weighted by molar-refractivity contribution is 5.75. The zero-order valence-corrected chi connectivity index (χ0v) is 8.66. The van der Waals surface area contributed by atoms with Gasteiger partial charge in [0.15, 0.2) is 0 Å². The van der Waals surface area contributed by atoms with Crippen molar-refractivity contribution in [1.82, 2.24) is 10.2 Å². The number of nitrogens with zero attached hydrogens (tertiary/aromatic N) is 1. The number of rotatable bonds is 2. The molecule has 2 aliphatic heterocycles. The van der Waals surface area contributed by atoms with Gasteiger partial charge in [0.25, 0.3) is 0 Å². The smallest absolute Gasteiger partial charge is 0.323 e. The molecule has 2 fully saturated rings. The van der Waals surface area contributed by atoms with Crippen LogP contribution in [0.15, 0.2) is 0 Å². The Morgan fingerprint density at radius 3 is 2.79 bits per heavy atom. The van der Waals surface area contributed by atoms with Crippen molar-refractivity contribution in [2.24, 2.45) is 0 Å². The average Bonchev–Trinajstić information content (AvgIpc) is 2.15. The van der Waals surface area contributed by atoms with Crippen LogP contribution in [0.2, 0.25) is 0 Å². The van der Waals surface area contributed by atoms with Crippen LogP contribution in [0.3, 0.4) is 0 Å². The van der Waals surface area contributed by atoms with Crippen molar-refractivity contribution in [2.75, 3.05) is 26.7 Å². The highest BCUT2D eigenvalue weighted by Gasteiger charge is 2.36. The van der Waals surface area contributed by atoms with E-state index in [1.54, 1.807) is 0 Å². The number of methoxy groups -OCH3 is 1. The van der Waals surface area contributed by atoms with Gasteiger partial charge in [0, 0.05) is 19.1 Å². The van der Waals surface area contributed by atoms with Crippen molar-refractivity contribution in [3.63, 3.8) is 0 Å². The Morgan fingerprint density at radius 2 is 2.21 bits per heavy atom. The fourth-order valence-corrected chi connectivity index (χ4v) is 2.29. The molecule has 2 rings (SSSR count). The molecule has 0 amide bonds. The van der Waals surface area contributed by atoms with Crippen molar-refractivity contribution in [2.45, 2.75) is 31.3 Å². The van der Waals surface area contributed by atoms with Gasteiger partial charge in [0.1, 0.15) is 6.04 Å². The number of carbonyl (C=O) groups is 1. The van der Waals surface area contributed by atoms with E-state index in [1.807, 2.05) is 0 Å².